The van der Waals surface area contributed by atoms with Crippen LogP contribution in [0.4, 0.5) is 5.69 Å². The molecule has 166 valence electrons. The number of fused-ring (bicyclic) bond motifs is 2. The normalized spacial score (nSPS) is 28.6. The van der Waals surface area contributed by atoms with E-state index in [9.17, 15) is 9.90 Å². The number of carbonyl (C=O) groups excluding carboxylic acids is 1. The molecule has 4 bridgehead atoms. The molecule has 4 atom stereocenters. The molecular formula is C23H26N6O3. The maximum absolute atomic E-state index is 12.3. The number of anilines is 1. The van der Waals surface area contributed by atoms with E-state index in [4.69, 9.17) is 4.52 Å². The number of aliphatic hydroxyl groups is 1. The third-order valence-electron chi connectivity index (χ3n) is 7.12. The molecule has 3 aromatic heterocycles. The van der Waals surface area contributed by atoms with E-state index < -0.39 is 5.60 Å². The largest absolute Gasteiger partial charge is 0.390 e. The van der Waals surface area contributed by atoms with Crippen LogP contribution in [0.3, 0.4) is 0 Å². The number of hydrogen-bond donors (Lipinski definition) is 3. The highest BCUT2D eigenvalue weighted by Crippen LogP contribution is 2.51. The Morgan fingerprint density at radius 3 is 3.06 bits per heavy atom. The summed E-state index contributed by atoms with van der Waals surface area (Å²) in [5, 5.41) is 19.9. The lowest BCUT2D eigenvalue weighted by molar-refractivity contribution is -0.0111. The molecule has 1 amide bonds. The lowest BCUT2D eigenvalue weighted by atomic mass is 9.70. The van der Waals surface area contributed by atoms with Gasteiger partial charge in [0, 0.05) is 37.9 Å². The van der Waals surface area contributed by atoms with E-state index >= 15 is 0 Å². The van der Waals surface area contributed by atoms with E-state index in [1.54, 1.807) is 20.3 Å². The smallest absolute Gasteiger partial charge is 0.316 e. The fourth-order valence-electron chi connectivity index (χ4n) is 5.88. The molecule has 0 radical (unpaired) electrons. The van der Waals surface area contributed by atoms with Gasteiger partial charge in [0.2, 0.25) is 5.82 Å². The highest BCUT2D eigenvalue weighted by atomic mass is 16.5. The van der Waals surface area contributed by atoms with E-state index in [0.29, 0.717) is 17.3 Å². The summed E-state index contributed by atoms with van der Waals surface area (Å²) in [6.45, 7) is 0. The first-order valence-corrected chi connectivity index (χ1v) is 11.1. The van der Waals surface area contributed by atoms with Gasteiger partial charge in [0.1, 0.15) is 5.65 Å². The predicted octanol–water partition coefficient (Wildman–Crippen LogP) is 2.98. The van der Waals surface area contributed by atoms with Gasteiger partial charge < -0.3 is 24.8 Å². The first-order valence-electron chi connectivity index (χ1n) is 11.1. The van der Waals surface area contributed by atoms with Crippen LogP contribution in [-0.2, 0) is 0 Å². The van der Waals surface area contributed by atoms with Crippen LogP contribution in [0.5, 0.6) is 0 Å². The van der Waals surface area contributed by atoms with Crippen LogP contribution in [0.2, 0.25) is 0 Å². The maximum atomic E-state index is 12.3. The molecule has 9 nitrogen and oxygen atoms in total. The summed E-state index contributed by atoms with van der Waals surface area (Å²) >= 11 is 0. The average molecular weight is 435 g/mol. The zero-order valence-corrected chi connectivity index (χ0v) is 18.1. The Bertz CT molecular complexity index is 1240. The summed E-state index contributed by atoms with van der Waals surface area (Å²) in [4.78, 5) is 25.7. The van der Waals surface area contributed by atoms with E-state index in [0.717, 1.165) is 48.8 Å². The quantitative estimate of drug-likeness (QED) is 0.540. The highest BCUT2D eigenvalue weighted by molar-refractivity contribution is 5.97. The number of hydrogen-bond acceptors (Lipinski definition) is 7. The number of amides is 1. The topological polar surface area (TPSA) is 120 Å². The Kier molecular flexibility index (Phi) is 4.20. The highest BCUT2D eigenvalue weighted by Gasteiger charge is 2.47. The monoisotopic (exact) mass is 434 g/mol. The molecule has 0 aliphatic heterocycles. The van der Waals surface area contributed by atoms with Gasteiger partial charge in [0.15, 0.2) is 0 Å². The molecule has 0 aromatic carbocycles. The second-order valence-corrected chi connectivity index (χ2v) is 9.76. The van der Waals surface area contributed by atoms with Crippen LogP contribution in [0.15, 0.2) is 34.6 Å². The summed E-state index contributed by atoms with van der Waals surface area (Å²) < 4.78 is 5.24. The zero-order valence-electron chi connectivity index (χ0n) is 18.1. The second-order valence-electron chi connectivity index (χ2n) is 9.76. The molecular weight excluding hydrogens is 408 g/mol. The van der Waals surface area contributed by atoms with Crippen molar-refractivity contribution in [1.29, 1.82) is 0 Å². The average Bonchev–Trinajstić information content (AvgIpc) is 3.37. The molecule has 2 fully saturated rings. The van der Waals surface area contributed by atoms with Gasteiger partial charge in [-0.05, 0) is 50.0 Å². The minimum absolute atomic E-state index is 0.0533. The second kappa shape index (κ2) is 6.90. The molecule has 0 spiro atoms. The number of nitrogens with one attached hydrogen (secondary N) is 2. The van der Waals surface area contributed by atoms with Gasteiger partial charge in [-0.1, -0.05) is 16.8 Å². The van der Waals surface area contributed by atoms with Crippen molar-refractivity contribution in [3.63, 3.8) is 0 Å². The molecule has 4 aliphatic carbocycles. The van der Waals surface area contributed by atoms with Crippen molar-refractivity contribution in [2.24, 2.45) is 11.8 Å². The molecule has 9 heteroatoms. The molecule has 3 aromatic rings. The van der Waals surface area contributed by atoms with Gasteiger partial charge in [-0.25, -0.2) is 4.98 Å². The van der Waals surface area contributed by atoms with Gasteiger partial charge >= 0.3 is 11.8 Å². The van der Waals surface area contributed by atoms with Crippen LogP contribution < -0.4 is 5.32 Å². The zero-order chi connectivity index (χ0) is 22.0. The number of carbonyl (C=O) groups is 1. The Morgan fingerprint density at radius 1 is 1.38 bits per heavy atom. The van der Waals surface area contributed by atoms with E-state index in [1.165, 1.54) is 10.5 Å². The van der Waals surface area contributed by atoms with Crippen molar-refractivity contribution in [1.82, 2.24) is 25.0 Å². The van der Waals surface area contributed by atoms with Gasteiger partial charge in [0.25, 0.3) is 0 Å². The van der Waals surface area contributed by atoms with Gasteiger partial charge in [-0.2, -0.15) is 4.98 Å². The summed E-state index contributed by atoms with van der Waals surface area (Å²) in [5.74, 6) is 0.673. The van der Waals surface area contributed by atoms with Crippen LogP contribution in [0, 0.1) is 11.8 Å². The van der Waals surface area contributed by atoms with Crippen LogP contribution in [-0.4, -0.2) is 61.8 Å². The number of pyridine rings is 1. The predicted molar refractivity (Wildman–Crippen MR) is 118 cm³/mol. The first-order chi connectivity index (χ1) is 15.4. The third-order valence-corrected chi connectivity index (χ3v) is 7.12. The third kappa shape index (κ3) is 3.10. The van der Waals surface area contributed by atoms with Crippen molar-refractivity contribution in [3.8, 4) is 11.4 Å². The molecule has 3 heterocycles. The Balaban J connectivity index is 1.40. The molecule has 3 N–H and O–H groups in total. The molecule has 0 saturated heterocycles. The standard InChI is InChI=1S/C23H26N6O3/c1-29(2)22(30)21-27-20(28-32-21)16-11-25-19-15(3-4-24-19)18(16)26-17-7-13-5-12-6-14(17)10-23(31,8-12)9-13/h3-4,6,11,13-14,17,31H,5,7-10H2,1-2H3,(H2,24,25,26)/t13-,14+,17+,23-/m0/s1. The molecule has 2 saturated carbocycles. The van der Waals surface area contributed by atoms with Crippen molar-refractivity contribution < 1.29 is 14.4 Å². The summed E-state index contributed by atoms with van der Waals surface area (Å²) in [6, 6.07) is 2.16. The molecule has 0 unspecified atom stereocenters. The number of aromatic nitrogens is 4. The van der Waals surface area contributed by atoms with Crippen LogP contribution in [0.25, 0.3) is 22.4 Å². The van der Waals surface area contributed by atoms with E-state index in [1.807, 2.05) is 12.3 Å². The Morgan fingerprint density at radius 2 is 2.25 bits per heavy atom. The van der Waals surface area contributed by atoms with Crippen molar-refractivity contribution in [3.05, 3.63) is 36.0 Å². The molecule has 7 rings (SSSR count). The van der Waals surface area contributed by atoms with Crippen molar-refractivity contribution in [2.45, 2.75) is 43.7 Å². The summed E-state index contributed by atoms with van der Waals surface area (Å²) in [5.41, 5.74) is 3.16. The number of nitrogens with zero attached hydrogens (tertiary/aromatic N) is 4. The van der Waals surface area contributed by atoms with Gasteiger partial charge in [-0.3, -0.25) is 4.79 Å². The van der Waals surface area contributed by atoms with Gasteiger partial charge in [0.05, 0.1) is 16.9 Å². The Labute approximate surface area is 184 Å². The first kappa shape index (κ1) is 19.5. The Hall–Kier alpha value is -3.20. The SMILES string of the molecule is CN(C)C(=O)c1nc(-c2cnc3[nH]ccc3c2N[C@@H]2C[C@@H]3CC4=C[C@@H]2C[C@](O)(C4)C3)no1. The summed E-state index contributed by atoms with van der Waals surface area (Å²) in [7, 11) is 3.29. The van der Waals surface area contributed by atoms with Gasteiger partial charge in [-0.15, -0.1) is 0 Å². The van der Waals surface area contributed by atoms with E-state index in [-0.39, 0.29) is 23.8 Å². The maximum Gasteiger partial charge on any atom is 0.316 e. The van der Waals surface area contributed by atoms with E-state index in [2.05, 4.69) is 31.5 Å². The summed E-state index contributed by atoms with van der Waals surface area (Å²) in [6.07, 6.45) is 10.5. The van der Waals surface area contributed by atoms with Crippen molar-refractivity contribution in [2.75, 3.05) is 19.4 Å². The lowest BCUT2D eigenvalue weighted by Gasteiger charge is -2.40. The fourth-order valence-corrected chi connectivity index (χ4v) is 5.88. The minimum atomic E-state index is -0.562. The lowest BCUT2D eigenvalue weighted by Crippen LogP contribution is -2.39. The number of rotatable bonds is 4. The van der Waals surface area contributed by atoms with Crippen LogP contribution >= 0.6 is 0 Å². The minimum Gasteiger partial charge on any atom is -0.390 e. The molecule has 4 aliphatic rings. The number of H-pyrrole nitrogens is 1. The number of aromatic amines is 1. The molecule has 32 heavy (non-hydrogen) atoms. The van der Waals surface area contributed by atoms with Crippen molar-refractivity contribution >= 4 is 22.6 Å². The fraction of sp³-hybridized carbons (Fsp3) is 0.478. The van der Waals surface area contributed by atoms with Crippen LogP contribution in [0.1, 0.15) is 42.8 Å².